The fraction of sp³-hybridized carbons (Fsp3) is 0.700. The van der Waals surface area contributed by atoms with Crippen LogP contribution in [0.25, 0.3) is 0 Å². The van der Waals surface area contributed by atoms with Gasteiger partial charge in [0.15, 0.2) is 0 Å². The minimum atomic E-state index is -0.685. The number of carbonyl (C=O) groups is 1. The van der Waals surface area contributed by atoms with Crippen molar-refractivity contribution in [3.8, 4) is 0 Å². The van der Waals surface area contributed by atoms with Crippen LogP contribution in [-0.4, -0.2) is 35.1 Å². The minimum Gasteiger partial charge on any atom is -0.481 e. The van der Waals surface area contributed by atoms with E-state index in [9.17, 15) is 4.79 Å². The molecule has 0 aromatic heterocycles. The Morgan fingerprint density at radius 1 is 1.69 bits per heavy atom. The van der Waals surface area contributed by atoms with Crippen LogP contribution in [0, 0.1) is 0 Å². The van der Waals surface area contributed by atoms with Gasteiger partial charge in [-0.05, 0) is 25.8 Å². The van der Waals surface area contributed by atoms with Gasteiger partial charge in [0.2, 0.25) is 0 Å². The number of nitrogens with zero attached hydrogens (tertiary/aromatic N) is 1. The molecule has 1 unspecified atom stereocenters. The molecular formula is C10H17NO2. The van der Waals surface area contributed by atoms with Crippen molar-refractivity contribution in [2.75, 3.05) is 13.1 Å². The van der Waals surface area contributed by atoms with Crippen LogP contribution >= 0.6 is 0 Å². The molecule has 0 aromatic carbocycles. The van der Waals surface area contributed by atoms with E-state index < -0.39 is 5.97 Å². The van der Waals surface area contributed by atoms with E-state index >= 15 is 0 Å². The standard InChI is InChI=1S/C10H17NO2/c1-2-3-6-11-7-4-5-9(11)8-10(12)13/h2,9H,1,3-8H2,(H,12,13). The second-order valence-corrected chi connectivity index (χ2v) is 3.51. The van der Waals surface area contributed by atoms with Gasteiger partial charge in [0.1, 0.15) is 0 Å². The Morgan fingerprint density at radius 2 is 2.46 bits per heavy atom. The third-order valence-electron chi connectivity index (χ3n) is 2.53. The second-order valence-electron chi connectivity index (χ2n) is 3.51. The highest BCUT2D eigenvalue weighted by Gasteiger charge is 2.25. The zero-order valence-corrected chi connectivity index (χ0v) is 7.91. The van der Waals surface area contributed by atoms with Crippen molar-refractivity contribution in [1.29, 1.82) is 0 Å². The molecule has 74 valence electrons. The first-order chi connectivity index (χ1) is 6.24. The summed E-state index contributed by atoms with van der Waals surface area (Å²) in [6.07, 6.45) is 5.29. The topological polar surface area (TPSA) is 40.5 Å². The van der Waals surface area contributed by atoms with Crippen LogP contribution in [-0.2, 0) is 4.79 Å². The first kappa shape index (κ1) is 10.3. The summed E-state index contributed by atoms with van der Waals surface area (Å²) in [4.78, 5) is 12.8. The van der Waals surface area contributed by atoms with E-state index in [4.69, 9.17) is 5.11 Å². The van der Waals surface area contributed by atoms with E-state index in [0.29, 0.717) is 0 Å². The van der Waals surface area contributed by atoms with Crippen molar-refractivity contribution in [2.24, 2.45) is 0 Å². The predicted molar refractivity (Wildman–Crippen MR) is 51.7 cm³/mol. The van der Waals surface area contributed by atoms with Crippen molar-refractivity contribution in [3.63, 3.8) is 0 Å². The molecule has 0 bridgehead atoms. The Labute approximate surface area is 79.0 Å². The average molecular weight is 183 g/mol. The quantitative estimate of drug-likeness (QED) is 0.657. The van der Waals surface area contributed by atoms with E-state index in [0.717, 1.165) is 32.4 Å². The average Bonchev–Trinajstić information content (AvgIpc) is 2.48. The molecule has 1 N–H and O–H groups in total. The third-order valence-corrected chi connectivity index (χ3v) is 2.53. The lowest BCUT2D eigenvalue weighted by Crippen LogP contribution is -2.31. The van der Waals surface area contributed by atoms with Gasteiger partial charge in [-0.15, -0.1) is 6.58 Å². The summed E-state index contributed by atoms with van der Waals surface area (Å²) in [5, 5.41) is 8.67. The fourth-order valence-electron chi connectivity index (χ4n) is 1.88. The largest absolute Gasteiger partial charge is 0.481 e. The Balaban J connectivity index is 2.34. The number of carboxylic acid groups (broad SMARTS) is 1. The predicted octanol–water partition coefficient (Wildman–Crippen LogP) is 1.50. The molecule has 1 rings (SSSR count). The maximum atomic E-state index is 10.5. The highest BCUT2D eigenvalue weighted by molar-refractivity contribution is 5.67. The van der Waals surface area contributed by atoms with Gasteiger partial charge in [-0.2, -0.15) is 0 Å². The molecule has 13 heavy (non-hydrogen) atoms. The lowest BCUT2D eigenvalue weighted by Gasteiger charge is -2.22. The SMILES string of the molecule is C=CCCN1CCCC1CC(=O)O. The van der Waals surface area contributed by atoms with Crippen LogP contribution in [0.1, 0.15) is 25.7 Å². The van der Waals surface area contributed by atoms with Gasteiger partial charge in [-0.3, -0.25) is 9.69 Å². The van der Waals surface area contributed by atoms with E-state index in [1.165, 1.54) is 0 Å². The molecule has 3 heteroatoms. The molecule has 0 aromatic rings. The van der Waals surface area contributed by atoms with Crippen molar-refractivity contribution < 1.29 is 9.90 Å². The van der Waals surface area contributed by atoms with Crippen molar-refractivity contribution in [2.45, 2.75) is 31.7 Å². The van der Waals surface area contributed by atoms with Crippen LogP contribution in [0.15, 0.2) is 12.7 Å². The molecule has 3 nitrogen and oxygen atoms in total. The minimum absolute atomic E-state index is 0.262. The highest BCUT2D eigenvalue weighted by atomic mass is 16.4. The normalized spacial score (nSPS) is 23.2. The first-order valence-electron chi connectivity index (χ1n) is 4.80. The van der Waals surface area contributed by atoms with Crippen LogP contribution < -0.4 is 0 Å². The number of hydrogen-bond donors (Lipinski definition) is 1. The fourth-order valence-corrected chi connectivity index (χ4v) is 1.88. The Kier molecular flexibility index (Phi) is 3.96. The smallest absolute Gasteiger partial charge is 0.304 e. The summed E-state index contributed by atoms with van der Waals surface area (Å²) in [7, 11) is 0. The number of likely N-dealkylation sites (tertiary alicyclic amines) is 1. The monoisotopic (exact) mass is 183 g/mol. The molecule has 1 aliphatic heterocycles. The van der Waals surface area contributed by atoms with Gasteiger partial charge in [0, 0.05) is 12.6 Å². The van der Waals surface area contributed by atoms with Gasteiger partial charge < -0.3 is 5.11 Å². The molecular weight excluding hydrogens is 166 g/mol. The molecule has 1 heterocycles. The second kappa shape index (κ2) is 5.02. The molecule has 1 fully saturated rings. The zero-order valence-electron chi connectivity index (χ0n) is 7.91. The van der Waals surface area contributed by atoms with Gasteiger partial charge in [-0.1, -0.05) is 6.08 Å². The van der Waals surface area contributed by atoms with E-state index in [1.54, 1.807) is 0 Å². The third kappa shape index (κ3) is 3.19. The van der Waals surface area contributed by atoms with Gasteiger partial charge in [0.05, 0.1) is 6.42 Å². The van der Waals surface area contributed by atoms with E-state index in [1.807, 2.05) is 6.08 Å². The molecule has 0 radical (unpaired) electrons. The number of rotatable bonds is 5. The molecule has 1 aliphatic rings. The number of hydrogen-bond acceptors (Lipinski definition) is 2. The summed E-state index contributed by atoms with van der Waals surface area (Å²) >= 11 is 0. The molecule has 0 aliphatic carbocycles. The highest BCUT2D eigenvalue weighted by Crippen LogP contribution is 2.19. The summed E-state index contributed by atoms with van der Waals surface area (Å²) < 4.78 is 0. The summed E-state index contributed by atoms with van der Waals surface area (Å²) in [6.45, 7) is 5.67. The summed E-state index contributed by atoms with van der Waals surface area (Å²) in [5.74, 6) is -0.685. The molecule has 0 spiro atoms. The van der Waals surface area contributed by atoms with Crippen molar-refractivity contribution >= 4 is 5.97 Å². The molecule has 1 saturated heterocycles. The van der Waals surface area contributed by atoms with Gasteiger partial charge in [-0.25, -0.2) is 0 Å². The maximum Gasteiger partial charge on any atom is 0.304 e. The Hall–Kier alpha value is -0.830. The van der Waals surface area contributed by atoms with Crippen LogP contribution in [0.3, 0.4) is 0 Å². The Bertz CT molecular complexity index is 191. The van der Waals surface area contributed by atoms with Crippen LogP contribution in [0.5, 0.6) is 0 Å². The number of carboxylic acids is 1. The molecule has 0 amide bonds. The molecule has 0 saturated carbocycles. The lowest BCUT2D eigenvalue weighted by atomic mass is 10.1. The van der Waals surface area contributed by atoms with Crippen molar-refractivity contribution in [3.05, 3.63) is 12.7 Å². The zero-order chi connectivity index (χ0) is 9.68. The van der Waals surface area contributed by atoms with E-state index in [2.05, 4.69) is 11.5 Å². The van der Waals surface area contributed by atoms with Crippen LogP contribution in [0.2, 0.25) is 0 Å². The van der Waals surface area contributed by atoms with Gasteiger partial charge in [0.25, 0.3) is 0 Å². The van der Waals surface area contributed by atoms with E-state index in [-0.39, 0.29) is 12.5 Å². The Morgan fingerprint density at radius 3 is 3.08 bits per heavy atom. The first-order valence-corrected chi connectivity index (χ1v) is 4.80. The number of aliphatic carboxylic acids is 1. The lowest BCUT2D eigenvalue weighted by molar-refractivity contribution is -0.138. The van der Waals surface area contributed by atoms with Crippen LogP contribution in [0.4, 0.5) is 0 Å². The summed E-state index contributed by atoms with van der Waals surface area (Å²) in [5.41, 5.74) is 0. The maximum absolute atomic E-state index is 10.5. The molecule has 1 atom stereocenters. The summed E-state index contributed by atoms with van der Waals surface area (Å²) in [6, 6.07) is 0.262. The van der Waals surface area contributed by atoms with Crippen molar-refractivity contribution in [1.82, 2.24) is 4.90 Å². The van der Waals surface area contributed by atoms with Gasteiger partial charge >= 0.3 is 5.97 Å².